The summed E-state index contributed by atoms with van der Waals surface area (Å²) in [6.45, 7) is 2.89. The number of hydrogen-bond donors (Lipinski definition) is 1. The van der Waals surface area contributed by atoms with Crippen LogP contribution in [0.1, 0.15) is 0 Å². The maximum absolute atomic E-state index is 10.8. The monoisotopic (exact) mass is 144 g/mol. The van der Waals surface area contributed by atoms with E-state index in [1.54, 1.807) is 12.0 Å². The minimum atomic E-state index is 0.0250. The highest BCUT2D eigenvalue weighted by atomic mass is 16.5. The van der Waals surface area contributed by atoms with Crippen LogP contribution in [0.15, 0.2) is 0 Å². The SMILES string of the molecule is COCCN1CCNC1=O. The van der Waals surface area contributed by atoms with Gasteiger partial charge in [0.25, 0.3) is 0 Å². The highest BCUT2D eigenvalue weighted by Crippen LogP contribution is 1.94. The minimum absolute atomic E-state index is 0.0250. The van der Waals surface area contributed by atoms with Crippen molar-refractivity contribution in [2.45, 2.75) is 0 Å². The molecule has 4 heteroatoms. The average Bonchev–Trinajstić information content (AvgIpc) is 2.31. The Morgan fingerprint density at radius 1 is 1.80 bits per heavy atom. The molecule has 0 aromatic heterocycles. The zero-order valence-electron chi connectivity index (χ0n) is 6.09. The van der Waals surface area contributed by atoms with Crippen molar-refractivity contribution in [3.63, 3.8) is 0 Å². The molecule has 0 aromatic carbocycles. The van der Waals surface area contributed by atoms with Gasteiger partial charge in [-0.1, -0.05) is 0 Å². The van der Waals surface area contributed by atoms with Crippen molar-refractivity contribution < 1.29 is 9.53 Å². The molecule has 0 radical (unpaired) electrons. The van der Waals surface area contributed by atoms with Crippen LogP contribution < -0.4 is 5.32 Å². The number of amides is 2. The first-order valence-electron chi connectivity index (χ1n) is 3.36. The summed E-state index contributed by atoms with van der Waals surface area (Å²) in [5.41, 5.74) is 0. The molecule has 1 saturated heterocycles. The van der Waals surface area contributed by atoms with Gasteiger partial charge >= 0.3 is 6.03 Å². The highest BCUT2D eigenvalue weighted by Gasteiger charge is 2.17. The van der Waals surface area contributed by atoms with Crippen LogP contribution in [0.4, 0.5) is 4.79 Å². The maximum Gasteiger partial charge on any atom is 0.317 e. The van der Waals surface area contributed by atoms with Crippen LogP contribution in [-0.2, 0) is 4.74 Å². The van der Waals surface area contributed by atoms with Crippen molar-refractivity contribution >= 4 is 6.03 Å². The van der Waals surface area contributed by atoms with Gasteiger partial charge in [0.15, 0.2) is 0 Å². The summed E-state index contributed by atoms with van der Waals surface area (Å²) in [5, 5.41) is 2.71. The molecule has 0 atom stereocenters. The lowest BCUT2D eigenvalue weighted by atomic mass is 10.5. The molecule has 0 unspecified atom stereocenters. The number of urea groups is 1. The second kappa shape index (κ2) is 3.41. The summed E-state index contributed by atoms with van der Waals surface area (Å²) in [5.74, 6) is 0. The Morgan fingerprint density at radius 2 is 2.60 bits per heavy atom. The molecule has 1 N–H and O–H groups in total. The lowest BCUT2D eigenvalue weighted by Crippen LogP contribution is -2.30. The zero-order chi connectivity index (χ0) is 7.40. The summed E-state index contributed by atoms with van der Waals surface area (Å²) in [7, 11) is 1.63. The van der Waals surface area contributed by atoms with Gasteiger partial charge in [0.2, 0.25) is 0 Å². The van der Waals surface area contributed by atoms with E-state index in [0.717, 1.165) is 13.1 Å². The van der Waals surface area contributed by atoms with E-state index in [9.17, 15) is 4.79 Å². The second-order valence-electron chi connectivity index (χ2n) is 2.21. The van der Waals surface area contributed by atoms with E-state index < -0.39 is 0 Å². The highest BCUT2D eigenvalue weighted by molar-refractivity contribution is 5.76. The Kier molecular flexibility index (Phi) is 2.50. The molecule has 1 rings (SSSR count). The fraction of sp³-hybridized carbons (Fsp3) is 0.833. The van der Waals surface area contributed by atoms with Gasteiger partial charge in [-0.2, -0.15) is 0 Å². The third-order valence-electron chi connectivity index (χ3n) is 1.51. The maximum atomic E-state index is 10.8. The van der Waals surface area contributed by atoms with Crippen molar-refractivity contribution in [3.05, 3.63) is 0 Å². The van der Waals surface area contributed by atoms with E-state index in [0.29, 0.717) is 13.2 Å². The van der Waals surface area contributed by atoms with Crippen molar-refractivity contribution in [1.29, 1.82) is 0 Å². The van der Waals surface area contributed by atoms with Gasteiger partial charge in [0.05, 0.1) is 6.61 Å². The normalized spacial score (nSPS) is 17.7. The van der Waals surface area contributed by atoms with Crippen LogP contribution in [0.2, 0.25) is 0 Å². The topological polar surface area (TPSA) is 41.6 Å². The molecule has 1 fully saturated rings. The summed E-state index contributed by atoms with van der Waals surface area (Å²) < 4.78 is 4.83. The first kappa shape index (κ1) is 7.34. The molecule has 1 aliphatic heterocycles. The van der Waals surface area contributed by atoms with Crippen molar-refractivity contribution in [1.82, 2.24) is 10.2 Å². The van der Waals surface area contributed by atoms with Gasteiger partial charge in [-0.05, 0) is 0 Å². The number of ether oxygens (including phenoxy) is 1. The Morgan fingerprint density at radius 3 is 3.10 bits per heavy atom. The molecule has 0 aromatic rings. The van der Waals surface area contributed by atoms with Crippen LogP contribution in [0, 0.1) is 0 Å². The molecule has 0 bridgehead atoms. The molecule has 4 nitrogen and oxygen atoms in total. The number of carbonyl (C=O) groups is 1. The van der Waals surface area contributed by atoms with Crippen molar-refractivity contribution in [2.75, 3.05) is 33.4 Å². The summed E-state index contributed by atoms with van der Waals surface area (Å²) >= 11 is 0. The molecule has 58 valence electrons. The first-order valence-corrected chi connectivity index (χ1v) is 3.36. The Hall–Kier alpha value is -0.770. The van der Waals surface area contributed by atoms with Crippen LogP contribution in [-0.4, -0.2) is 44.3 Å². The summed E-state index contributed by atoms with van der Waals surface area (Å²) in [6, 6.07) is 0.0250. The van der Waals surface area contributed by atoms with E-state index in [1.807, 2.05) is 0 Å². The molecule has 10 heavy (non-hydrogen) atoms. The molecule has 2 amide bonds. The van der Waals surface area contributed by atoms with E-state index in [1.165, 1.54) is 0 Å². The van der Waals surface area contributed by atoms with Gasteiger partial charge in [-0.25, -0.2) is 4.79 Å². The van der Waals surface area contributed by atoms with E-state index in [-0.39, 0.29) is 6.03 Å². The third kappa shape index (κ3) is 1.60. The predicted octanol–water partition coefficient (Wildman–Crippen LogP) is -0.342. The summed E-state index contributed by atoms with van der Waals surface area (Å²) in [6.07, 6.45) is 0. The fourth-order valence-electron chi connectivity index (χ4n) is 0.926. The molecule has 1 heterocycles. The van der Waals surface area contributed by atoms with Gasteiger partial charge in [-0.15, -0.1) is 0 Å². The van der Waals surface area contributed by atoms with Crippen LogP contribution in [0.3, 0.4) is 0 Å². The lowest BCUT2D eigenvalue weighted by Gasteiger charge is -2.11. The molecular formula is C6H12N2O2. The Balaban J connectivity index is 2.20. The smallest absolute Gasteiger partial charge is 0.317 e. The number of carbonyl (C=O) groups excluding carboxylic acids is 1. The summed E-state index contributed by atoms with van der Waals surface area (Å²) in [4.78, 5) is 12.6. The number of rotatable bonds is 3. The van der Waals surface area contributed by atoms with Crippen LogP contribution >= 0.6 is 0 Å². The number of methoxy groups -OCH3 is 1. The Labute approximate surface area is 60.1 Å². The molecule has 0 spiro atoms. The first-order chi connectivity index (χ1) is 4.84. The van der Waals surface area contributed by atoms with E-state index in [4.69, 9.17) is 4.74 Å². The van der Waals surface area contributed by atoms with Gasteiger partial charge in [-0.3, -0.25) is 0 Å². The number of nitrogens with zero attached hydrogens (tertiary/aromatic N) is 1. The van der Waals surface area contributed by atoms with Gasteiger partial charge in [0, 0.05) is 26.7 Å². The molecule has 1 aliphatic rings. The third-order valence-corrected chi connectivity index (χ3v) is 1.51. The second-order valence-corrected chi connectivity index (χ2v) is 2.21. The average molecular weight is 144 g/mol. The molecular weight excluding hydrogens is 132 g/mol. The fourth-order valence-corrected chi connectivity index (χ4v) is 0.926. The van der Waals surface area contributed by atoms with Crippen LogP contribution in [0.5, 0.6) is 0 Å². The van der Waals surface area contributed by atoms with E-state index >= 15 is 0 Å². The predicted molar refractivity (Wildman–Crippen MR) is 36.8 cm³/mol. The standard InChI is InChI=1S/C6H12N2O2/c1-10-5-4-8-3-2-7-6(8)9/h2-5H2,1H3,(H,7,9). The Bertz CT molecular complexity index is 127. The van der Waals surface area contributed by atoms with Crippen molar-refractivity contribution in [2.24, 2.45) is 0 Å². The van der Waals surface area contributed by atoms with E-state index in [2.05, 4.69) is 5.32 Å². The van der Waals surface area contributed by atoms with Gasteiger partial charge in [0.1, 0.15) is 0 Å². The molecule has 0 saturated carbocycles. The quantitative estimate of drug-likeness (QED) is 0.588. The van der Waals surface area contributed by atoms with Gasteiger partial charge < -0.3 is 15.0 Å². The largest absolute Gasteiger partial charge is 0.383 e. The van der Waals surface area contributed by atoms with Crippen molar-refractivity contribution in [3.8, 4) is 0 Å². The number of hydrogen-bond acceptors (Lipinski definition) is 2. The minimum Gasteiger partial charge on any atom is -0.383 e. The lowest BCUT2D eigenvalue weighted by molar-refractivity contribution is 0.161. The van der Waals surface area contributed by atoms with Crippen LogP contribution in [0.25, 0.3) is 0 Å². The number of nitrogens with one attached hydrogen (secondary N) is 1. The molecule has 0 aliphatic carbocycles. The zero-order valence-corrected chi connectivity index (χ0v) is 6.09.